The van der Waals surface area contributed by atoms with Gasteiger partial charge in [0.1, 0.15) is 0 Å². The minimum Gasteiger partial charge on any atom is -0.264 e. The van der Waals surface area contributed by atoms with Crippen LogP contribution in [0.15, 0.2) is 12.2 Å². The summed E-state index contributed by atoms with van der Waals surface area (Å²) in [5, 5.41) is 10.1. The van der Waals surface area contributed by atoms with Gasteiger partial charge in [0.05, 0.1) is 0 Å². The highest BCUT2D eigenvalue weighted by Gasteiger charge is 2.04. The predicted octanol–water partition coefficient (Wildman–Crippen LogP) is 2.40. The van der Waals surface area contributed by atoms with Crippen LogP contribution >= 0.6 is 0 Å². The Labute approximate surface area is 67.3 Å². The van der Waals surface area contributed by atoms with Gasteiger partial charge < -0.3 is 0 Å². The van der Waals surface area contributed by atoms with Crippen molar-refractivity contribution in [3.8, 4) is 0 Å². The first kappa shape index (κ1) is 10.1. The standard InChI is InChI=1S/C8H15NO2/c1-3-4-5-6-7-8(2)9(10)11/h6-8H,3-5H2,1-2H3/b7-6+. The van der Waals surface area contributed by atoms with Gasteiger partial charge in [0.15, 0.2) is 0 Å². The summed E-state index contributed by atoms with van der Waals surface area (Å²) in [4.78, 5) is 9.83. The molecule has 1 atom stereocenters. The molecule has 0 spiro atoms. The molecule has 1 unspecified atom stereocenters. The number of nitro groups is 1. The van der Waals surface area contributed by atoms with Crippen molar-refractivity contribution in [1.82, 2.24) is 0 Å². The van der Waals surface area contributed by atoms with Crippen LogP contribution in [0.2, 0.25) is 0 Å². The minimum atomic E-state index is -0.535. The third kappa shape index (κ3) is 5.58. The van der Waals surface area contributed by atoms with Crippen molar-refractivity contribution in [2.24, 2.45) is 0 Å². The van der Waals surface area contributed by atoms with Crippen LogP contribution in [0.25, 0.3) is 0 Å². The van der Waals surface area contributed by atoms with Crippen LogP contribution in [0.3, 0.4) is 0 Å². The van der Waals surface area contributed by atoms with Gasteiger partial charge in [-0.25, -0.2) is 0 Å². The van der Waals surface area contributed by atoms with E-state index < -0.39 is 6.04 Å². The zero-order chi connectivity index (χ0) is 8.69. The van der Waals surface area contributed by atoms with E-state index in [0.29, 0.717) is 0 Å². The molecule has 0 aliphatic carbocycles. The Morgan fingerprint density at radius 1 is 1.64 bits per heavy atom. The molecule has 0 bridgehead atoms. The summed E-state index contributed by atoms with van der Waals surface area (Å²) >= 11 is 0. The van der Waals surface area contributed by atoms with Crippen LogP contribution < -0.4 is 0 Å². The van der Waals surface area contributed by atoms with Crippen molar-refractivity contribution in [2.45, 2.75) is 39.2 Å². The van der Waals surface area contributed by atoms with E-state index in [1.54, 1.807) is 13.0 Å². The summed E-state index contributed by atoms with van der Waals surface area (Å²) in [5.41, 5.74) is 0. The van der Waals surface area contributed by atoms with Crippen molar-refractivity contribution in [3.05, 3.63) is 22.3 Å². The molecule has 0 aromatic carbocycles. The maximum absolute atomic E-state index is 10.1. The highest BCUT2D eigenvalue weighted by atomic mass is 16.6. The molecule has 0 rings (SSSR count). The van der Waals surface area contributed by atoms with Crippen LogP contribution in [0.5, 0.6) is 0 Å². The quantitative estimate of drug-likeness (QED) is 0.266. The Bertz CT molecular complexity index is 143. The molecule has 0 aromatic heterocycles. The van der Waals surface area contributed by atoms with Crippen molar-refractivity contribution in [1.29, 1.82) is 0 Å². The van der Waals surface area contributed by atoms with E-state index >= 15 is 0 Å². The molecular weight excluding hydrogens is 142 g/mol. The Balaban J connectivity index is 3.48. The van der Waals surface area contributed by atoms with E-state index in [0.717, 1.165) is 19.3 Å². The Kier molecular flexibility index (Phi) is 5.43. The number of hydrogen-bond donors (Lipinski definition) is 0. The average molecular weight is 157 g/mol. The lowest BCUT2D eigenvalue weighted by molar-refractivity contribution is -0.504. The zero-order valence-corrected chi connectivity index (χ0v) is 7.12. The average Bonchev–Trinajstić information content (AvgIpc) is 1.97. The second-order valence-electron chi connectivity index (χ2n) is 2.60. The molecule has 0 heterocycles. The third-order valence-electron chi connectivity index (χ3n) is 1.47. The maximum atomic E-state index is 10.1. The highest BCUT2D eigenvalue weighted by Crippen LogP contribution is 1.97. The first-order chi connectivity index (χ1) is 5.18. The molecule has 0 aromatic rings. The van der Waals surface area contributed by atoms with Gasteiger partial charge >= 0.3 is 0 Å². The van der Waals surface area contributed by atoms with Crippen molar-refractivity contribution in [2.75, 3.05) is 0 Å². The van der Waals surface area contributed by atoms with E-state index in [2.05, 4.69) is 6.92 Å². The van der Waals surface area contributed by atoms with Crippen molar-refractivity contribution < 1.29 is 4.92 Å². The molecule has 0 aliphatic heterocycles. The predicted molar refractivity (Wildman–Crippen MR) is 45.1 cm³/mol. The lowest BCUT2D eigenvalue weighted by Gasteiger charge is -1.94. The van der Waals surface area contributed by atoms with Gasteiger partial charge in [-0.05, 0) is 12.5 Å². The Morgan fingerprint density at radius 2 is 2.27 bits per heavy atom. The number of rotatable bonds is 5. The molecule has 3 heteroatoms. The van der Waals surface area contributed by atoms with E-state index in [9.17, 15) is 10.1 Å². The first-order valence-corrected chi connectivity index (χ1v) is 3.98. The van der Waals surface area contributed by atoms with Gasteiger partial charge in [-0.15, -0.1) is 0 Å². The fourth-order valence-electron chi connectivity index (χ4n) is 0.685. The van der Waals surface area contributed by atoms with Crippen LogP contribution in [-0.2, 0) is 0 Å². The summed E-state index contributed by atoms with van der Waals surface area (Å²) < 4.78 is 0. The van der Waals surface area contributed by atoms with Crippen LogP contribution in [-0.4, -0.2) is 11.0 Å². The van der Waals surface area contributed by atoms with E-state index in [4.69, 9.17) is 0 Å². The molecule has 0 saturated carbocycles. The molecule has 0 fully saturated rings. The molecule has 0 amide bonds. The van der Waals surface area contributed by atoms with Gasteiger partial charge in [-0.2, -0.15) is 0 Å². The van der Waals surface area contributed by atoms with Gasteiger partial charge in [0, 0.05) is 11.8 Å². The second-order valence-corrected chi connectivity index (χ2v) is 2.60. The molecule has 64 valence electrons. The van der Waals surface area contributed by atoms with Crippen molar-refractivity contribution in [3.63, 3.8) is 0 Å². The fraction of sp³-hybridized carbons (Fsp3) is 0.750. The van der Waals surface area contributed by atoms with E-state index in [1.165, 1.54) is 0 Å². The van der Waals surface area contributed by atoms with Crippen LogP contribution in [0.4, 0.5) is 0 Å². The molecule has 0 radical (unpaired) electrons. The van der Waals surface area contributed by atoms with Crippen molar-refractivity contribution >= 4 is 0 Å². The molecule has 0 saturated heterocycles. The molecular formula is C8H15NO2. The largest absolute Gasteiger partial charge is 0.264 e. The van der Waals surface area contributed by atoms with E-state index in [-0.39, 0.29) is 4.92 Å². The first-order valence-electron chi connectivity index (χ1n) is 3.98. The summed E-state index contributed by atoms with van der Waals surface area (Å²) in [7, 11) is 0. The Hall–Kier alpha value is -0.860. The lowest BCUT2D eigenvalue weighted by Crippen LogP contribution is -2.10. The van der Waals surface area contributed by atoms with Gasteiger partial charge in [-0.3, -0.25) is 10.1 Å². The molecule has 0 aliphatic rings. The minimum absolute atomic E-state index is 0.289. The number of allylic oxidation sites excluding steroid dienone is 1. The van der Waals surface area contributed by atoms with Crippen LogP contribution in [0.1, 0.15) is 33.1 Å². The fourth-order valence-corrected chi connectivity index (χ4v) is 0.685. The number of nitrogens with zero attached hydrogens (tertiary/aromatic N) is 1. The maximum Gasteiger partial charge on any atom is 0.228 e. The molecule has 0 N–H and O–H groups in total. The highest BCUT2D eigenvalue weighted by molar-refractivity contribution is 4.86. The van der Waals surface area contributed by atoms with E-state index in [1.807, 2.05) is 6.08 Å². The second kappa shape index (κ2) is 5.89. The Morgan fingerprint density at radius 3 is 2.73 bits per heavy atom. The van der Waals surface area contributed by atoms with Gasteiger partial charge in [-0.1, -0.05) is 25.8 Å². The zero-order valence-electron chi connectivity index (χ0n) is 7.12. The third-order valence-corrected chi connectivity index (χ3v) is 1.47. The van der Waals surface area contributed by atoms with Crippen LogP contribution in [0, 0.1) is 10.1 Å². The number of unbranched alkanes of at least 4 members (excludes halogenated alkanes) is 2. The summed E-state index contributed by atoms with van der Waals surface area (Å²) in [6.07, 6.45) is 6.74. The van der Waals surface area contributed by atoms with Gasteiger partial charge in [0.25, 0.3) is 0 Å². The topological polar surface area (TPSA) is 43.1 Å². The number of hydrogen-bond acceptors (Lipinski definition) is 2. The SMILES string of the molecule is CCCC/C=C/C(C)[N+](=O)[O-]. The summed E-state index contributed by atoms with van der Waals surface area (Å²) in [6, 6.07) is -0.535. The monoisotopic (exact) mass is 157 g/mol. The smallest absolute Gasteiger partial charge is 0.228 e. The molecule has 3 nitrogen and oxygen atoms in total. The molecule has 11 heavy (non-hydrogen) atoms. The lowest BCUT2D eigenvalue weighted by atomic mass is 10.2. The van der Waals surface area contributed by atoms with Gasteiger partial charge in [0.2, 0.25) is 6.04 Å². The normalized spacial score (nSPS) is 13.6. The summed E-state index contributed by atoms with van der Waals surface area (Å²) in [6.45, 7) is 3.69. The summed E-state index contributed by atoms with van der Waals surface area (Å²) in [5.74, 6) is 0.